The Morgan fingerprint density at radius 1 is 1.40 bits per heavy atom. The smallest absolute Gasteiger partial charge is 0.264 e. The molecule has 0 saturated heterocycles. The van der Waals surface area contributed by atoms with E-state index in [9.17, 15) is 9.59 Å². The van der Waals surface area contributed by atoms with Crippen LogP contribution in [0.4, 0.5) is 0 Å². The first-order valence-electron chi connectivity index (χ1n) is 8.43. The van der Waals surface area contributed by atoms with Crippen LogP contribution in [0.5, 0.6) is 0 Å². The molecule has 0 aromatic carbocycles. The number of fused-ring (bicyclic) bond motifs is 2. The van der Waals surface area contributed by atoms with Crippen LogP contribution in [0, 0.1) is 6.92 Å². The van der Waals surface area contributed by atoms with Crippen LogP contribution in [-0.4, -0.2) is 31.5 Å². The van der Waals surface area contributed by atoms with E-state index in [2.05, 4.69) is 28.7 Å². The summed E-state index contributed by atoms with van der Waals surface area (Å²) in [5.41, 5.74) is 1.82. The van der Waals surface area contributed by atoms with Crippen molar-refractivity contribution in [3.8, 4) is 0 Å². The molecule has 0 N–H and O–H groups in total. The number of aryl methyl sites for hydroxylation is 2. The van der Waals surface area contributed by atoms with E-state index in [0.29, 0.717) is 21.6 Å². The lowest BCUT2D eigenvalue weighted by molar-refractivity contribution is 0.0622. The largest absolute Gasteiger partial charge is 0.348 e. The van der Waals surface area contributed by atoms with Crippen molar-refractivity contribution in [2.45, 2.75) is 32.9 Å². The van der Waals surface area contributed by atoms with Crippen molar-refractivity contribution in [3.05, 3.63) is 51.1 Å². The molecule has 1 aliphatic rings. The van der Waals surface area contributed by atoms with Crippen LogP contribution in [-0.2, 0) is 13.6 Å². The van der Waals surface area contributed by atoms with E-state index in [0.717, 1.165) is 18.5 Å². The minimum absolute atomic E-state index is 0.00172. The molecule has 4 heterocycles. The van der Waals surface area contributed by atoms with Crippen LogP contribution in [0.2, 0.25) is 0 Å². The third-order valence-electron chi connectivity index (χ3n) is 5.02. The second-order valence-corrected chi connectivity index (χ2v) is 7.45. The quantitative estimate of drug-likeness (QED) is 0.709. The number of carbonyl (C=O) groups excluding carboxylic acids is 1. The van der Waals surface area contributed by atoms with Crippen LogP contribution < -0.4 is 5.56 Å². The second-order valence-electron chi connectivity index (χ2n) is 6.45. The molecule has 1 aliphatic heterocycles. The van der Waals surface area contributed by atoms with E-state index in [1.165, 1.54) is 27.9 Å². The average Bonchev–Trinajstić information content (AvgIpc) is 3.21. The molecule has 7 heteroatoms. The van der Waals surface area contributed by atoms with Gasteiger partial charge in [0.25, 0.3) is 11.5 Å². The van der Waals surface area contributed by atoms with Gasteiger partial charge in [-0.1, -0.05) is 6.92 Å². The topological polar surface area (TPSA) is 60.1 Å². The van der Waals surface area contributed by atoms with Crippen molar-refractivity contribution in [1.29, 1.82) is 0 Å². The predicted molar refractivity (Wildman–Crippen MR) is 98.1 cm³/mol. The summed E-state index contributed by atoms with van der Waals surface area (Å²) in [4.78, 5) is 33.2. The van der Waals surface area contributed by atoms with E-state index < -0.39 is 0 Å². The van der Waals surface area contributed by atoms with E-state index in [4.69, 9.17) is 0 Å². The zero-order valence-corrected chi connectivity index (χ0v) is 15.3. The van der Waals surface area contributed by atoms with Crippen molar-refractivity contribution in [3.63, 3.8) is 0 Å². The molecule has 0 unspecified atom stereocenters. The Balaban J connectivity index is 1.79. The van der Waals surface area contributed by atoms with E-state index >= 15 is 0 Å². The summed E-state index contributed by atoms with van der Waals surface area (Å²) in [6.45, 7) is 5.43. The Labute approximate surface area is 149 Å². The van der Waals surface area contributed by atoms with Crippen LogP contribution in [0.3, 0.4) is 0 Å². The number of thiophene rings is 1. The third-order valence-corrected chi connectivity index (χ3v) is 6.20. The normalized spacial score (nSPS) is 17.1. The lowest BCUT2D eigenvalue weighted by Gasteiger charge is -2.36. The first-order valence-corrected chi connectivity index (χ1v) is 9.25. The Morgan fingerprint density at radius 2 is 2.20 bits per heavy atom. The monoisotopic (exact) mass is 356 g/mol. The summed E-state index contributed by atoms with van der Waals surface area (Å²) in [7, 11) is 1.68. The Bertz CT molecular complexity index is 1030. The zero-order valence-electron chi connectivity index (χ0n) is 14.5. The summed E-state index contributed by atoms with van der Waals surface area (Å²) >= 11 is 1.32. The van der Waals surface area contributed by atoms with Crippen molar-refractivity contribution < 1.29 is 4.79 Å². The van der Waals surface area contributed by atoms with E-state index in [1.54, 1.807) is 7.05 Å². The van der Waals surface area contributed by atoms with Gasteiger partial charge >= 0.3 is 0 Å². The summed E-state index contributed by atoms with van der Waals surface area (Å²) in [5, 5.41) is 0.562. The van der Waals surface area contributed by atoms with Gasteiger partial charge in [0, 0.05) is 32.0 Å². The Hall–Kier alpha value is -2.41. The molecular weight excluding hydrogens is 336 g/mol. The maximum atomic E-state index is 13.3. The van der Waals surface area contributed by atoms with Gasteiger partial charge in [-0.25, -0.2) is 4.98 Å². The van der Waals surface area contributed by atoms with Gasteiger partial charge in [0.05, 0.1) is 22.6 Å². The molecule has 0 radical (unpaired) electrons. The van der Waals surface area contributed by atoms with Crippen molar-refractivity contribution in [2.75, 3.05) is 6.54 Å². The molecule has 25 heavy (non-hydrogen) atoms. The lowest BCUT2D eigenvalue weighted by atomic mass is 10.1. The summed E-state index contributed by atoms with van der Waals surface area (Å²) in [5.74, 6) is 0.00172. The SMILES string of the molecule is CC[C@H]1c2cccn2CCN1C(=O)c1sc2ncn(C)c(=O)c2c1C. The molecule has 6 nitrogen and oxygen atoms in total. The highest BCUT2D eigenvalue weighted by atomic mass is 32.1. The first kappa shape index (κ1) is 16.1. The van der Waals surface area contributed by atoms with Gasteiger partial charge in [-0.2, -0.15) is 0 Å². The second kappa shape index (κ2) is 5.84. The molecular formula is C18H20N4O2S. The van der Waals surface area contributed by atoms with Gasteiger partial charge in [0.15, 0.2) is 0 Å². The van der Waals surface area contributed by atoms with Crippen LogP contribution in [0.25, 0.3) is 10.2 Å². The summed E-state index contributed by atoms with van der Waals surface area (Å²) in [6, 6.07) is 4.18. The standard InChI is InChI=1S/C18H20N4O2S/c1-4-12-13-6-5-7-21(13)8-9-22(12)18(24)15-11(2)14-16(25-15)19-10-20(3)17(14)23/h5-7,10,12H,4,8-9H2,1-3H3/t12-/m0/s1. The van der Waals surface area contributed by atoms with Crippen LogP contribution in [0.15, 0.2) is 29.5 Å². The number of rotatable bonds is 2. The highest BCUT2D eigenvalue weighted by Crippen LogP contribution is 2.34. The molecule has 3 aromatic rings. The maximum Gasteiger partial charge on any atom is 0.264 e. The average molecular weight is 356 g/mol. The predicted octanol–water partition coefficient (Wildman–Crippen LogP) is 2.71. The Morgan fingerprint density at radius 3 is 2.96 bits per heavy atom. The number of amides is 1. The molecule has 4 rings (SSSR count). The zero-order chi connectivity index (χ0) is 17.7. The van der Waals surface area contributed by atoms with Gasteiger partial charge in [0.2, 0.25) is 0 Å². The number of nitrogens with zero attached hydrogens (tertiary/aromatic N) is 4. The van der Waals surface area contributed by atoms with Crippen molar-refractivity contribution in [2.24, 2.45) is 7.05 Å². The van der Waals surface area contributed by atoms with Gasteiger partial charge in [0.1, 0.15) is 4.83 Å². The van der Waals surface area contributed by atoms with Crippen molar-refractivity contribution in [1.82, 2.24) is 19.0 Å². The number of hydrogen-bond donors (Lipinski definition) is 0. The third kappa shape index (κ3) is 2.33. The Kier molecular flexibility index (Phi) is 3.76. The molecule has 0 saturated carbocycles. The molecule has 1 amide bonds. The molecule has 0 bridgehead atoms. The molecule has 1 atom stereocenters. The van der Waals surface area contributed by atoms with Gasteiger partial charge in [-0.15, -0.1) is 11.3 Å². The van der Waals surface area contributed by atoms with E-state index in [-0.39, 0.29) is 17.5 Å². The maximum absolute atomic E-state index is 13.3. The van der Waals surface area contributed by atoms with Crippen LogP contribution in [0.1, 0.15) is 40.3 Å². The summed E-state index contributed by atoms with van der Waals surface area (Å²) < 4.78 is 3.67. The molecule has 130 valence electrons. The summed E-state index contributed by atoms with van der Waals surface area (Å²) in [6.07, 6.45) is 4.44. The molecule has 0 aliphatic carbocycles. The van der Waals surface area contributed by atoms with Crippen molar-refractivity contribution >= 4 is 27.5 Å². The minimum Gasteiger partial charge on any atom is -0.348 e. The highest BCUT2D eigenvalue weighted by molar-refractivity contribution is 7.20. The highest BCUT2D eigenvalue weighted by Gasteiger charge is 2.32. The fraction of sp³-hybridized carbons (Fsp3) is 0.389. The molecule has 0 fully saturated rings. The van der Waals surface area contributed by atoms with Gasteiger partial charge in [-0.3, -0.25) is 9.59 Å². The fourth-order valence-corrected chi connectivity index (χ4v) is 4.78. The van der Waals surface area contributed by atoms with E-state index in [1.807, 2.05) is 17.9 Å². The number of carbonyl (C=O) groups is 1. The fourth-order valence-electron chi connectivity index (χ4n) is 3.68. The number of aromatic nitrogens is 3. The first-order chi connectivity index (χ1) is 12.0. The molecule has 3 aromatic heterocycles. The lowest BCUT2D eigenvalue weighted by Crippen LogP contribution is -2.41. The molecule has 0 spiro atoms. The van der Waals surface area contributed by atoms with Gasteiger partial charge < -0.3 is 14.0 Å². The van der Waals surface area contributed by atoms with Crippen LogP contribution >= 0.6 is 11.3 Å². The minimum atomic E-state index is -0.0997. The number of hydrogen-bond acceptors (Lipinski definition) is 4. The van der Waals surface area contributed by atoms with Gasteiger partial charge in [-0.05, 0) is 31.0 Å².